The first kappa shape index (κ1) is 24.6. The summed E-state index contributed by atoms with van der Waals surface area (Å²) in [4.78, 5) is 31.2. The molecule has 2 aromatic rings. The Morgan fingerprint density at radius 2 is 1.83 bits per heavy atom. The third kappa shape index (κ3) is 5.50. The van der Waals surface area contributed by atoms with Gasteiger partial charge in [-0.2, -0.15) is 0 Å². The van der Waals surface area contributed by atoms with Gasteiger partial charge < -0.3 is 19.5 Å². The van der Waals surface area contributed by atoms with E-state index in [-0.39, 0.29) is 17.6 Å². The second-order valence-corrected chi connectivity index (χ2v) is 10.7. The molecule has 0 unspecified atom stereocenters. The summed E-state index contributed by atoms with van der Waals surface area (Å²) in [5, 5.41) is 9.57. The van der Waals surface area contributed by atoms with Gasteiger partial charge in [0.05, 0.1) is 25.3 Å². The molecule has 0 spiro atoms. The minimum absolute atomic E-state index is 0.00602. The number of carbonyl (C=O) groups is 2. The largest absolute Gasteiger partial charge is 0.497 e. The van der Waals surface area contributed by atoms with E-state index < -0.39 is 11.9 Å². The highest BCUT2D eigenvalue weighted by Gasteiger charge is 2.39. The number of methoxy groups -OCH3 is 1. The first-order valence-corrected chi connectivity index (χ1v) is 13.2. The lowest BCUT2D eigenvalue weighted by atomic mass is 9.84. The molecular formula is C29H36N2O5. The molecule has 7 nitrogen and oxygen atoms in total. The van der Waals surface area contributed by atoms with Gasteiger partial charge in [0.1, 0.15) is 5.75 Å². The molecule has 1 aromatic carbocycles. The molecular weight excluding hydrogens is 456 g/mol. The summed E-state index contributed by atoms with van der Waals surface area (Å²) < 4.78 is 11.5. The Balaban J connectivity index is 1.20. The van der Waals surface area contributed by atoms with Crippen LogP contribution in [0.2, 0.25) is 0 Å². The van der Waals surface area contributed by atoms with Crippen molar-refractivity contribution in [2.75, 3.05) is 31.7 Å². The van der Waals surface area contributed by atoms with E-state index >= 15 is 0 Å². The number of anilines is 1. The Morgan fingerprint density at radius 1 is 1.08 bits per heavy atom. The summed E-state index contributed by atoms with van der Waals surface area (Å²) in [5.41, 5.74) is 2.81. The number of piperidine rings is 1. The Labute approximate surface area is 212 Å². The molecule has 3 aliphatic rings. The van der Waals surface area contributed by atoms with Crippen LogP contribution >= 0.6 is 0 Å². The fourth-order valence-electron chi connectivity index (χ4n) is 5.51. The van der Waals surface area contributed by atoms with Gasteiger partial charge in [0.25, 0.3) is 0 Å². The molecule has 2 aliphatic carbocycles. The second-order valence-electron chi connectivity index (χ2n) is 10.7. The second kappa shape index (κ2) is 10.5. The topological polar surface area (TPSA) is 89.0 Å². The molecule has 3 fully saturated rings. The van der Waals surface area contributed by atoms with Crippen molar-refractivity contribution in [3.8, 4) is 11.6 Å². The molecule has 0 amide bonds. The number of carbonyl (C=O) groups excluding carboxylic acids is 1. The minimum Gasteiger partial charge on any atom is -0.497 e. The van der Waals surface area contributed by atoms with E-state index in [1.54, 1.807) is 20.2 Å². The van der Waals surface area contributed by atoms with E-state index in [1.807, 2.05) is 30.3 Å². The van der Waals surface area contributed by atoms with E-state index in [4.69, 9.17) is 9.47 Å². The maximum absolute atomic E-state index is 12.9. The molecule has 36 heavy (non-hydrogen) atoms. The molecule has 2 atom stereocenters. The predicted molar refractivity (Wildman–Crippen MR) is 137 cm³/mol. The smallest absolute Gasteiger partial charge is 0.306 e. The number of ketones is 1. The van der Waals surface area contributed by atoms with E-state index in [0.717, 1.165) is 74.2 Å². The zero-order valence-corrected chi connectivity index (χ0v) is 21.2. The molecule has 1 aliphatic heterocycles. The van der Waals surface area contributed by atoms with Gasteiger partial charge in [-0.1, -0.05) is 6.92 Å². The average molecular weight is 493 g/mol. The van der Waals surface area contributed by atoms with Gasteiger partial charge >= 0.3 is 5.97 Å². The molecule has 2 saturated carbocycles. The number of aromatic nitrogens is 1. The number of benzene rings is 1. The molecule has 5 rings (SSSR count). The maximum atomic E-state index is 12.9. The zero-order valence-electron chi connectivity index (χ0n) is 21.2. The van der Waals surface area contributed by atoms with Crippen LogP contribution < -0.4 is 14.4 Å². The van der Waals surface area contributed by atoms with Crippen LogP contribution in [0, 0.1) is 23.7 Å². The molecule has 0 bridgehead atoms. The summed E-state index contributed by atoms with van der Waals surface area (Å²) in [6.07, 6.45) is 7.83. The van der Waals surface area contributed by atoms with Crippen LogP contribution in [-0.2, 0) is 4.79 Å². The van der Waals surface area contributed by atoms with Crippen molar-refractivity contribution in [3.63, 3.8) is 0 Å². The van der Waals surface area contributed by atoms with Crippen molar-refractivity contribution < 1.29 is 24.2 Å². The molecule has 1 saturated heterocycles. The van der Waals surface area contributed by atoms with Crippen molar-refractivity contribution >= 4 is 17.4 Å². The van der Waals surface area contributed by atoms with Gasteiger partial charge in [-0.25, -0.2) is 4.98 Å². The van der Waals surface area contributed by atoms with Gasteiger partial charge in [-0.15, -0.1) is 0 Å². The quantitative estimate of drug-likeness (QED) is 0.432. The summed E-state index contributed by atoms with van der Waals surface area (Å²) in [6.45, 7) is 4.10. The predicted octanol–water partition coefficient (Wildman–Crippen LogP) is 5.19. The number of rotatable bonds is 11. The number of aliphatic carboxylic acids is 1. The van der Waals surface area contributed by atoms with E-state index in [1.165, 1.54) is 0 Å². The van der Waals surface area contributed by atoms with Crippen LogP contribution in [0.25, 0.3) is 0 Å². The van der Waals surface area contributed by atoms with Crippen molar-refractivity contribution in [1.82, 2.24) is 4.98 Å². The third-order valence-electron chi connectivity index (χ3n) is 8.04. The lowest BCUT2D eigenvalue weighted by Crippen LogP contribution is -2.36. The third-order valence-corrected chi connectivity index (χ3v) is 8.04. The van der Waals surface area contributed by atoms with Gasteiger partial charge in [0.15, 0.2) is 5.78 Å². The molecule has 0 radical (unpaired) electrons. The molecule has 2 heterocycles. The highest BCUT2D eigenvalue weighted by atomic mass is 16.5. The van der Waals surface area contributed by atoms with Crippen LogP contribution in [0.3, 0.4) is 0 Å². The zero-order chi connectivity index (χ0) is 25.2. The van der Waals surface area contributed by atoms with Crippen LogP contribution in [0.5, 0.6) is 11.6 Å². The number of hydrogen-bond acceptors (Lipinski definition) is 6. The van der Waals surface area contributed by atoms with Crippen LogP contribution in [-0.4, -0.2) is 48.6 Å². The number of pyridine rings is 1. The summed E-state index contributed by atoms with van der Waals surface area (Å²) >= 11 is 0. The lowest BCUT2D eigenvalue weighted by Gasteiger charge is -2.34. The number of hydrogen-bond donors (Lipinski definition) is 1. The number of ether oxygens (including phenoxy) is 2. The van der Waals surface area contributed by atoms with Crippen LogP contribution in [0.1, 0.15) is 67.3 Å². The summed E-state index contributed by atoms with van der Waals surface area (Å²) in [7, 11) is 1.66. The van der Waals surface area contributed by atoms with Crippen LogP contribution in [0.15, 0.2) is 36.5 Å². The number of carboxylic acid groups (broad SMARTS) is 1. The molecule has 1 aromatic heterocycles. The Morgan fingerprint density at radius 3 is 2.47 bits per heavy atom. The number of Topliss-reactive ketones (excluding diaryl/α,β-unsaturated/α-hetero) is 1. The minimum atomic E-state index is -0.754. The van der Waals surface area contributed by atoms with E-state index in [2.05, 4.69) is 9.88 Å². The van der Waals surface area contributed by atoms with Gasteiger partial charge in [0.2, 0.25) is 5.88 Å². The molecule has 7 heteroatoms. The first-order chi connectivity index (χ1) is 17.4. The Bertz CT molecular complexity index is 1100. The maximum Gasteiger partial charge on any atom is 0.306 e. The first-order valence-electron chi connectivity index (χ1n) is 13.2. The van der Waals surface area contributed by atoms with Gasteiger partial charge in [0, 0.05) is 42.9 Å². The normalized spacial score (nSPS) is 20.0. The van der Waals surface area contributed by atoms with Crippen molar-refractivity contribution in [2.45, 2.75) is 51.4 Å². The lowest BCUT2D eigenvalue weighted by molar-refractivity contribution is -0.142. The fourth-order valence-corrected chi connectivity index (χ4v) is 5.51. The number of nitrogens with zero attached hydrogens (tertiary/aromatic N) is 2. The standard InChI is InChI=1S/C29H36N2O5/c1-18(29(33)34)27(20-3-4-20)22-9-12-30-26(15-22)36-17-19-10-13-31(14-11-19)25-16-23(35-2)7-8-24(25)28(32)21-5-6-21/h7-9,12,15-16,18-21,27H,3-6,10-11,13-14,17H2,1-2H3,(H,33,34)/t18-,27+/m1/s1. The number of carboxylic acids is 1. The fraction of sp³-hybridized carbons (Fsp3) is 0.552. The Kier molecular flexibility index (Phi) is 7.17. The van der Waals surface area contributed by atoms with Crippen molar-refractivity contribution in [1.29, 1.82) is 0 Å². The monoisotopic (exact) mass is 492 g/mol. The highest BCUT2D eigenvalue weighted by Crippen LogP contribution is 2.47. The summed E-state index contributed by atoms with van der Waals surface area (Å²) in [5.74, 6) is 1.45. The Hall–Kier alpha value is -3.09. The van der Waals surface area contributed by atoms with Gasteiger partial charge in [-0.3, -0.25) is 9.59 Å². The van der Waals surface area contributed by atoms with E-state index in [9.17, 15) is 14.7 Å². The molecule has 192 valence electrons. The van der Waals surface area contributed by atoms with Crippen LogP contribution in [0.4, 0.5) is 5.69 Å². The van der Waals surface area contributed by atoms with Crippen molar-refractivity contribution in [3.05, 3.63) is 47.7 Å². The molecule has 1 N–H and O–H groups in total. The van der Waals surface area contributed by atoms with Crippen molar-refractivity contribution in [2.24, 2.45) is 23.7 Å². The van der Waals surface area contributed by atoms with Gasteiger partial charge in [-0.05, 0) is 80.0 Å². The summed E-state index contributed by atoms with van der Waals surface area (Å²) in [6, 6.07) is 9.66. The average Bonchev–Trinajstić information content (AvgIpc) is 3.82. The van der Waals surface area contributed by atoms with E-state index in [0.29, 0.717) is 24.3 Å². The SMILES string of the molecule is COc1ccc(C(=O)C2CC2)c(N2CCC(COc3cc([C@H](C4CC4)[C@@H](C)C(=O)O)ccn3)CC2)c1. The highest BCUT2D eigenvalue weighted by molar-refractivity contribution is 6.04.